The molecule has 3 nitrogen and oxygen atoms in total. The van der Waals surface area contributed by atoms with Gasteiger partial charge < -0.3 is 14.8 Å². The van der Waals surface area contributed by atoms with Gasteiger partial charge in [0.25, 0.3) is 0 Å². The Labute approximate surface area is 113 Å². The van der Waals surface area contributed by atoms with Gasteiger partial charge in [-0.25, -0.2) is 0 Å². The van der Waals surface area contributed by atoms with Crippen LogP contribution in [-0.2, 0) is 9.47 Å². The molecule has 1 atom stereocenters. The summed E-state index contributed by atoms with van der Waals surface area (Å²) in [6.45, 7) is 14.8. The Kier molecular flexibility index (Phi) is 5.63. The summed E-state index contributed by atoms with van der Waals surface area (Å²) in [5.41, 5.74) is -0.0557. The lowest BCUT2D eigenvalue weighted by atomic mass is 9.94. The summed E-state index contributed by atoms with van der Waals surface area (Å²) in [4.78, 5) is 0. The highest BCUT2D eigenvalue weighted by Gasteiger charge is 2.45. The second kappa shape index (κ2) is 6.36. The van der Waals surface area contributed by atoms with E-state index in [1.165, 1.54) is 6.42 Å². The highest BCUT2D eigenvalue weighted by Crippen LogP contribution is 2.37. The molecule has 1 rings (SSSR count). The molecule has 0 spiro atoms. The molecule has 0 aromatic rings. The van der Waals surface area contributed by atoms with Gasteiger partial charge in [-0.05, 0) is 67.3 Å². The molecule has 1 saturated heterocycles. The quantitative estimate of drug-likeness (QED) is 0.711. The number of hydrogen-bond acceptors (Lipinski definition) is 3. The number of unbranched alkanes of at least 4 members (excludes halogenated alkanes) is 1. The Hall–Kier alpha value is -0.120. The maximum Gasteiger partial charge on any atom is 0.0787 e. The van der Waals surface area contributed by atoms with Gasteiger partial charge in [-0.3, -0.25) is 0 Å². The molecule has 18 heavy (non-hydrogen) atoms. The van der Waals surface area contributed by atoms with Crippen LogP contribution in [0.15, 0.2) is 0 Å². The van der Waals surface area contributed by atoms with Crippen molar-refractivity contribution in [2.75, 3.05) is 13.2 Å². The Morgan fingerprint density at radius 3 is 2.39 bits per heavy atom. The summed E-state index contributed by atoms with van der Waals surface area (Å²) >= 11 is 0. The highest BCUT2D eigenvalue weighted by atomic mass is 16.5. The van der Waals surface area contributed by atoms with Gasteiger partial charge in [0.1, 0.15) is 0 Å². The number of nitrogens with one attached hydrogen (secondary N) is 1. The topological polar surface area (TPSA) is 30.5 Å². The standard InChI is InChI=1S/C15H31NO2/c1-12(2)17-10-8-7-9-16-13-11-14(3,4)18-15(13,5)6/h12-13,16H,7-11H2,1-6H3. The lowest BCUT2D eigenvalue weighted by molar-refractivity contribution is -0.0698. The van der Waals surface area contributed by atoms with Gasteiger partial charge >= 0.3 is 0 Å². The van der Waals surface area contributed by atoms with E-state index < -0.39 is 0 Å². The SMILES string of the molecule is CC(C)OCCCCNC1CC(C)(C)OC1(C)C. The van der Waals surface area contributed by atoms with Crippen LogP contribution in [0, 0.1) is 0 Å². The maximum absolute atomic E-state index is 6.07. The molecule has 0 aromatic heterocycles. The van der Waals surface area contributed by atoms with Crippen LogP contribution in [0.4, 0.5) is 0 Å². The zero-order chi connectivity index (χ0) is 13.8. The second-order valence-electron chi connectivity index (χ2n) is 6.80. The molecule has 108 valence electrons. The van der Waals surface area contributed by atoms with Crippen LogP contribution >= 0.6 is 0 Å². The van der Waals surface area contributed by atoms with Crippen LogP contribution in [0.5, 0.6) is 0 Å². The summed E-state index contributed by atoms with van der Waals surface area (Å²) in [5.74, 6) is 0. The van der Waals surface area contributed by atoms with Gasteiger partial charge in [0.15, 0.2) is 0 Å². The van der Waals surface area contributed by atoms with Gasteiger partial charge in [0.2, 0.25) is 0 Å². The fourth-order valence-electron chi connectivity index (χ4n) is 2.70. The maximum atomic E-state index is 6.07. The van der Waals surface area contributed by atoms with Crippen LogP contribution in [0.25, 0.3) is 0 Å². The minimum absolute atomic E-state index is 0.00191. The second-order valence-corrected chi connectivity index (χ2v) is 6.80. The Bertz CT molecular complexity index is 249. The van der Waals surface area contributed by atoms with Crippen LogP contribution in [0.1, 0.15) is 60.8 Å². The third-order valence-electron chi connectivity index (χ3n) is 3.49. The first-order valence-electron chi connectivity index (χ1n) is 7.28. The summed E-state index contributed by atoms with van der Waals surface area (Å²) < 4.78 is 11.6. The first-order valence-corrected chi connectivity index (χ1v) is 7.28. The Morgan fingerprint density at radius 1 is 1.22 bits per heavy atom. The Balaban J connectivity index is 2.16. The van der Waals surface area contributed by atoms with Gasteiger partial charge in [0, 0.05) is 12.6 Å². The lowest BCUT2D eigenvalue weighted by Gasteiger charge is -2.27. The van der Waals surface area contributed by atoms with Crippen molar-refractivity contribution in [1.29, 1.82) is 0 Å². The molecule has 0 aliphatic carbocycles. The zero-order valence-corrected chi connectivity index (χ0v) is 13.0. The van der Waals surface area contributed by atoms with E-state index in [4.69, 9.17) is 9.47 Å². The molecule has 0 radical (unpaired) electrons. The van der Waals surface area contributed by atoms with Gasteiger partial charge in [0.05, 0.1) is 17.3 Å². The van der Waals surface area contributed by atoms with Crippen molar-refractivity contribution >= 4 is 0 Å². The van der Waals surface area contributed by atoms with Crippen molar-refractivity contribution in [1.82, 2.24) is 5.32 Å². The third-order valence-corrected chi connectivity index (χ3v) is 3.49. The van der Waals surface area contributed by atoms with Gasteiger partial charge in [-0.2, -0.15) is 0 Å². The molecule has 1 heterocycles. The molecule has 1 unspecified atom stereocenters. The normalized spacial score (nSPS) is 25.8. The summed E-state index contributed by atoms with van der Waals surface area (Å²) in [5, 5.41) is 3.64. The average molecular weight is 257 g/mol. The van der Waals surface area contributed by atoms with E-state index in [9.17, 15) is 0 Å². The fraction of sp³-hybridized carbons (Fsp3) is 1.00. The molecule has 1 aliphatic heterocycles. The summed E-state index contributed by atoms with van der Waals surface area (Å²) in [6, 6.07) is 0.457. The minimum atomic E-state index is -0.0576. The average Bonchev–Trinajstić information content (AvgIpc) is 2.39. The minimum Gasteiger partial charge on any atom is -0.379 e. The van der Waals surface area contributed by atoms with Crippen LogP contribution < -0.4 is 5.32 Å². The van der Waals surface area contributed by atoms with Gasteiger partial charge in [-0.1, -0.05) is 0 Å². The monoisotopic (exact) mass is 257 g/mol. The number of hydrogen-bond donors (Lipinski definition) is 1. The van der Waals surface area contributed by atoms with E-state index >= 15 is 0 Å². The van der Waals surface area contributed by atoms with E-state index in [0.29, 0.717) is 12.1 Å². The van der Waals surface area contributed by atoms with Gasteiger partial charge in [-0.15, -0.1) is 0 Å². The summed E-state index contributed by atoms with van der Waals surface area (Å²) in [7, 11) is 0. The number of ether oxygens (including phenoxy) is 2. The van der Waals surface area contributed by atoms with Crippen LogP contribution in [0.2, 0.25) is 0 Å². The Morgan fingerprint density at radius 2 is 1.89 bits per heavy atom. The van der Waals surface area contributed by atoms with E-state index in [1.54, 1.807) is 0 Å². The zero-order valence-electron chi connectivity index (χ0n) is 13.0. The van der Waals surface area contributed by atoms with Crippen molar-refractivity contribution in [3.8, 4) is 0 Å². The molecule has 1 aliphatic rings. The molecular weight excluding hydrogens is 226 g/mol. The first-order chi connectivity index (χ1) is 8.23. The van der Waals surface area contributed by atoms with E-state index in [0.717, 1.165) is 26.0 Å². The van der Waals surface area contributed by atoms with Crippen LogP contribution in [-0.4, -0.2) is 36.5 Å². The van der Waals surface area contributed by atoms with E-state index in [1.807, 2.05) is 0 Å². The molecule has 3 heteroatoms. The molecule has 1 fully saturated rings. The third kappa shape index (κ3) is 5.25. The summed E-state index contributed by atoms with van der Waals surface area (Å²) in [6.07, 6.45) is 3.73. The largest absolute Gasteiger partial charge is 0.379 e. The number of rotatable bonds is 7. The van der Waals surface area contributed by atoms with E-state index in [-0.39, 0.29) is 11.2 Å². The van der Waals surface area contributed by atoms with Crippen molar-refractivity contribution in [2.24, 2.45) is 0 Å². The highest BCUT2D eigenvalue weighted by molar-refractivity contribution is 4.98. The van der Waals surface area contributed by atoms with Crippen molar-refractivity contribution in [2.45, 2.75) is 84.2 Å². The van der Waals surface area contributed by atoms with Crippen molar-refractivity contribution < 1.29 is 9.47 Å². The van der Waals surface area contributed by atoms with Crippen LogP contribution in [0.3, 0.4) is 0 Å². The van der Waals surface area contributed by atoms with Crippen molar-refractivity contribution in [3.63, 3.8) is 0 Å². The molecule has 0 saturated carbocycles. The lowest BCUT2D eigenvalue weighted by Crippen LogP contribution is -2.43. The fourth-order valence-corrected chi connectivity index (χ4v) is 2.70. The molecule has 0 bridgehead atoms. The molecule has 1 N–H and O–H groups in total. The molecule has 0 amide bonds. The predicted molar refractivity (Wildman–Crippen MR) is 76.0 cm³/mol. The predicted octanol–water partition coefficient (Wildman–Crippen LogP) is 3.13. The molecule has 0 aromatic carbocycles. The van der Waals surface area contributed by atoms with Crippen molar-refractivity contribution in [3.05, 3.63) is 0 Å². The smallest absolute Gasteiger partial charge is 0.0787 e. The first kappa shape index (κ1) is 15.9. The molecular formula is C15H31NO2. The van der Waals surface area contributed by atoms with E-state index in [2.05, 4.69) is 46.9 Å².